The lowest BCUT2D eigenvalue weighted by Crippen LogP contribution is -2.28. The van der Waals surface area contributed by atoms with Gasteiger partial charge in [0.25, 0.3) is 0 Å². The van der Waals surface area contributed by atoms with Gasteiger partial charge in [-0.3, -0.25) is 4.99 Å². The van der Waals surface area contributed by atoms with E-state index in [0.717, 1.165) is 47.9 Å². The first-order valence-electron chi connectivity index (χ1n) is 13.6. The summed E-state index contributed by atoms with van der Waals surface area (Å²) >= 11 is 5.91. The highest BCUT2D eigenvalue weighted by atomic mass is 35.5. The minimum atomic E-state index is -1.58. The normalized spacial score (nSPS) is 15.0. The third kappa shape index (κ3) is 7.11. The molecule has 3 aromatic rings. The fourth-order valence-electron chi connectivity index (χ4n) is 4.72. The Balaban J connectivity index is 1.74. The largest absolute Gasteiger partial charge is 0.496 e. The van der Waals surface area contributed by atoms with Crippen LogP contribution in [0.5, 0.6) is 5.75 Å². The van der Waals surface area contributed by atoms with Crippen molar-refractivity contribution in [3.05, 3.63) is 80.1 Å². The fourth-order valence-corrected chi connectivity index (χ4v) is 4.89. The van der Waals surface area contributed by atoms with Crippen LogP contribution < -0.4 is 20.5 Å². The number of hydrogen-bond acceptors (Lipinski definition) is 5. The minimum absolute atomic E-state index is 0.0393. The summed E-state index contributed by atoms with van der Waals surface area (Å²) in [5.74, 6) is -2.17. The molecule has 0 radical (unpaired) electrons. The summed E-state index contributed by atoms with van der Waals surface area (Å²) in [5, 5.41) is 15.3. The molecule has 0 aliphatic heterocycles. The van der Waals surface area contributed by atoms with Crippen LogP contribution in [-0.4, -0.2) is 36.5 Å². The van der Waals surface area contributed by atoms with E-state index in [-0.39, 0.29) is 33.7 Å². The Morgan fingerprint density at radius 2 is 1.93 bits per heavy atom. The van der Waals surface area contributed by atoms with E-state index in [1.807, 2.05) is 18.3 Å². The topological polar surface area (TPSA) is 66.7 Å². The second-order valence-corrected chi connectivity index (χ2v) is 11.3. The maximum atomic E-state index is 15.7. The molecule has 2 aromatic carbocycles. The molecule has 4 rings (SSSR count). The maximum Gasteiger partial charge on any atom is 0.155 e. The molecule has 1 aromatic heterocycles. The van der Waals surface area contributed by atoms with Crippen molar-refractivity contribution >= 4 is 30.6 Å². The molecule has 0 saturated heterocycles. The molecule has 1 atom stereocenters. The van der Waals surface area contributed by atoms with Crippen molar-refractivity contribution in [2.75, 3.05) is 20.2 Å². The molecule has 1 heterocycles. The van der Waals surface area contributed by atoms with Crippen LogP contribution in [0.4, 0.5) is 13.2 Å². The number of benzene rings is 2. The zero-order chi connectivity index (χ0) is 29.9. The number of aliphatic hydroxyl groups is 1. The molecule has 1 aliphatic carbocycles. The van der Waals surface area contributed by atoms with Gasteiger partial charge in [0, 0.05) is 64.7 Å². The second-order valence-electron chi connectivity index (χ2n) is 10.9. The predicted octanol–water partition coefficient (Wildman–Crippen LogP) is 5.82. The lowest BCUT2D eigenvalue weighted by atomic mass is 9.90. The van der Waals surface area contributed by atoms with Gasteiger partial charge in [0.2, 0.25) is 0 Å². The quantitative estimate of drug-likeness (QED) is 0.169. The van der Waals surface area contributed by atoms with Gasteiger partial charge in [-0.2, -0.15) is 0 Å². The minimum Gasteiger partial charge on any atom is -0.496 e. The highest BCUT2D eigenvalue weighted by Gasteiger charge is 2.35. The lowest BCUT2D eigenvalue weighted by molar-refractivity contribution is 0.0743. The van der Waals surface area contributed by atoms with E-state index in [0.29, 0.717) is 24.1 Å². The molecule has 1 unspecified atom stereocenters. The van der Waals surface area contributed by atoms with E-state index in [1.165, 1.54) is 19.9 Å². The Hall–Kier alpha value is -3.36. The van der Waals surface area contributed by atoms with Crippen molar-refractivity contribution in [2.45, 2.75) is 51.6 Å². The molecule has 0 bridgehead atoms. The van der Waals surface area contributed by atoms with E-state index < -0.39 is 23.1 Å². The van der Waals surface area contributed by atoms with Crippen molar-refractivity contribution in [2.24, 2.45) is 10.9 Å². The third-order valence-corrected chi connectivity index (χ3v) is 7.44. The Morgan fingerprint density at radius 3 is 2.56 bits per heavy atom. The number of nitrogens with zero attached hydrogens (tertiary/aromatic N) is 2. The van der Waals surface area contributed by atoms with Crippen LogP contribution in [-0.2, 0) is 5.60 Å². The Labute approximate surface area is 243 Å². The molecule has 1 fully saturated rings. The first-order valence-corrected chi connectivity index (χ1v) is 14.0. The molecule has 9 heteroatoms. The summed E-state index contributed by atoms with van der Waals surface area (Å²) in [5.41, 5.74) is -0.936. The fraction of sp³-hybridized carbons (Fsp3) is 0.375. The van der Waals surface area contributed by atoms with Crippen LogP contribution in [0.1, 0.15) is 62.8 Å². The van der Waals surface area contributed by atoms with Crippen LogP contribution in [0.2, 0.25) is 5.02 Å². The Bertz CT molecular complexity index is 1570. The van der Waals surface area contributed by atoms with Crippen LogP contribution in [0.15, 0.2) is 35.3 Å². The molecular formula is C32H35ClF3N3O2. The van der Waals surface area contributed by atoms with E-state index in [4.69, 9.17) is 21.3 Å². The number of rotatable bonds is 11. The Kier molecular flexibility index (Phi) is 9.44. The van der Waals surface area contributed by atoms with Crippen molar-refractivity contribution < 1.29 is 23.0 Å². The van der Waals surface area contributed by atoms with Crippen LogP contribution in [0.3, 0.4) is 0 Å². The van der Waals surface area contributed by atoms with Crippen molar-refractivity contribution in [1.29, 1.82) is 0 Å². The van der Waals surface area contributed by atoms with E-state index >= 15 is 4.39 Å². The van der Waals surface area contributed by atoms with Gasteiger partial charge < -0.3 is 15.2 Å². The summed E-state index contributed by atoms with van der Waals surface area (Å²) in [6.45, 7) is 10.3. The second kappa shape index (κ2) is 12.7. The van der Waals surface area contributed by atoms with Gasteiger partial charge in [0.15, 0.2) is 5.82 Å². The maximum absolute atomic E-state index is 15.7. The van der Waals surface area contributed by atoms with Gasteiger partial charge in [0.1, 0.15) is 23.1 Å². The monoisotopic (exact) mass is 585 g/mol. The molecule has 41 heavy (non-hydrogen) atoms. The van der Waals surface area contributed by atoms with Gasteiger partial charge in [-0.15, -0.1) is 0 Å². The van der Waals surface area contributed by atoms with Crippen LogP contribution in [0.25, 0.3) is 24.0 Å². The molecule has 1 saturated carbocycles. The highest BCUT2D eigenvalue weighted by Crippen LogP contribution is 2.44. The van der Waals surface area contributed by atoms with Gasteiger partial charge in [0.05, 0.1) is 17.7 Å². The summed E-state index contributed by atoms with van der Waals surface area (Å²) in [6.07, 6.45) is 6.51. The molecule has 218 valence electrons. The number of pyridine rings is 1. The van der Waals surface area contributed by atoms with Crippen molar-refractivity contribution in [3.8, 4) is 17.0 Å². The van der Waals surface area contributed by atoms with Crippen molar-refractivity contribution in [1.82, 2.24) is 10.3 Å². The first-order chi connectivity index (χ1) is 19.4. The van der Waals surface area contributed by atoms with Gasteiger partial charge in [-0.25, -0.2) is 18.2 Å². The summed E-state index contributed by atoms with van der Waals surface area (Å²) in [4.78, 5) is 9.21. The van der Waals surface area contributed by atoms with Crippen LogP contribution in [0, 0.1) is 23.4 Å². The number of halogens is 4. The molecule has 5 nitrogen and oxygen atoms in total. The van der Waals surface area contributed by atoms with Gasteiger partial charge in [-0.1, -0.05) is 25.1 Å². The smallest absolute Gasteiger partial charge is 0.155 e. The van der Waals surface area contributed by atoms with E-state index in [9.17, 15) is 13.9 Å². The standard InChI is InChI=1S/C32H35ClF3N3O2/c1-6-9-37-16-21-10-19(11-29(41-5)18(21)2)15-38-17-23(20-7-8-20)28-13-24(32(3,4)40)30(36)31(39-28)22-12-25(33)27(35)14-26(22)34/h10-16,20,23,37,40H,2,6-9,17H2,1,3-5H3/b21-16-,38-15?. The SMILES string of the molecule is C=c1c(OC)cc(C=NCC(c2cc(C(C)(C)O)c(F)c(-c3cc(Cl)c(F)cc3F)n2)C2CC2)c/c1=C/NCCC. The Morgan fingerprint density at radius 1 is 1.20 bits per heavy atom. The van der Waals surface area contributed by atoms with Gasteiger partial charge >= 0.3 is 0 Å². The lowest BCUT2D eigenvalue weighted by Gasteiger charge is -2.23. The van der Waals surface area contributed by atoms with E-state index in [2.05, 4.69) is 23.8 Å². The molecule has 1 aliphatic rings. The average molecular weight is 586 g/mol. The average Bonchev–Trinajstić information content (AvgIpc) is 3.75. The number of hydrogen-bond donors (Lipinski definition) is 2. The zero-order valence-corrected chi connectivity index (χ0v) is 24.5. The molecule has 0 amide bonds. The number of ether oxygens (including phenoxy) is 1. The molecule has 2 N–H and O–H groups in total. The number of aromatic nitrogens is 1. The van der Waals surface area contributed by atoms with Crippen LogP contribution >= 0.6 is 11.6 Å². The molecule has 0 spiro atoms. The van der Waals surface area contributed by atoms with Crippen molar-refractivity contribution in [3.63, 3.8) is 0 Å². The number of nitrogens with one attached hydrogen (secondary N) is 1. The summed E-state index contributed by atoms with van der Waals surface area (Å²) in [6, 6.07) is 6.96. The van der Waals surface area contributed by atoms with Gasteiger partial charge in [-0.05, 0) is 68.9 Å². The number of aliphatic imine (C=N–C) groups is 1. The zero-order valence-electron chi connectivity index (χ0n) is 23.7. The van der Waals surface area contributed by atoms with E-state index in [1.54, 1.807) is 13.3 Å². The predicted molar refractivity (Wildman–Crippen MR) is 158 cm³/mol. The molecular weight excluding hydrogens is 551 g/mol. The third-order valence-electron chi connectivity index (χ3n) is 7.15. The first kappa shape index (κ1) is 30.6. The summed E-state index contributed by atoms with van der Waals surface area (Å²) in [7, 11) is 1.59. The highest BCUT2D eigenvalue weighted by molar-refractivity contribution is 6.31. The number of methoxy groups -OCH3 is 1. The summed E-state index contributed by atoms with van der Waals surface area (Å²) < 4.78 is 49.9.